The fourth-order valence-corrected chi connectivity index (χ4v) is 3.65. The Bertz CT molecular complexity index is 910. The lowest BCUT2D eigenvalue weighted by Gasteiger charge is -2.18. The highest BCUT2D eigenvalue weighted by atomic mass is 16.1. The number of hydrogen-bond acceptors (Lipinski definition) is 2. The van der Waals surface area contributed by atoms with E-state index in [0.717, 1.165) is 51.8 Å². The molecule has 2 aliphatic carbocycles. The Hall–Kier alpha value is -2.88. The van der Waals surface area contributed by atoms with E-state index in [-0.39, 0.29) is 5.91 Å². The van der Waals surface area contributed by atoms with Crippen molar-refractivity contribution in [2.45, 2.75) is 12.8 Å². The number of amides is 2. The third-order valence-corrected chi connectivity index (χ3v) is 4.68. The summed E-state index contributed by atoms with van der Waals surface area (Å²) >= 11 is 0. The molecule has 0 bridgehead atoms. The largest absolute Gasteiger partial charge is 0.366 e. The van der Waals surface area contributed by atoms with E-state index in [9.17, 15) is 9.59 Å². The van der Waals surface area contributed by atoms with Crippen LogP contribution >= 0.6 is 0 Å². The summed E-state index contributed by atoms with van der Waals surface area (Å²) in [6.45, 7) is 0. The Labute approximate surface area is 134 Å². The Balaban J connectivity index is 2.00. The average Bonchev–Trinajstić information content (AvgIpc) is 2.90. The van der Waals surface area contributed by atoms with Crippen LogP contribution in [0.4, 0.5) is 0 Å². The second-order valence-electron chi connectivity index (χ2n) is 5.87. The van der Waals surface area contributed by atoms with Gasteiger partial charge >= 0.3 is 0 Å². The first kappa shape index (κ1) is 13.8. The monoisotopic (exact) mass is 304 g/mol. The van der Waals surface area contributed by atoms with E-state index in [0.29, 0.717) is 5.56 Å². The normalized spacial score (nSPS) is 13.9. The van der Waals surface area contributed by atoms with Crippen molar-refractivity contribution in [2.75, 3.05) is 7.05 Å². The summed E-state index contributed by atoms with van der Waals surface area (Å²) in [4.78, 5) is 23.6. The Morgan fingerprint density at radius 1 is 1.09 bits per heavy atom. The minimum Gasteiger partial charge on any atom is -0.366 e. The van der Waals surface area contributed by atoms with Crippen molar-refractivity contribution < 1.29 is 9.59 Å². The Morgan fingerprint density at radius 2 is 1.87 bits per heavy atom. The molecule has 0 saturated heterocycles. The van der Waals surface area contributed by atoms with Gasteiger partial charge in [-0.1, -0.05) is 18.2 Å². The van der Waals surface area contributed by atoms with Crippen LogP contribution in [0, 0.1) is 0 Å². The van der Waals surface area contributed by atoms with Gasteiger partial charge in [0.2, 0.25) is 5.91 Å². The molecule has 2 amide bonds. The van der Waals surface area contributed by atoms with Gasteiger partial charge < -0.3 is 11.1 Å². The summed E-state index contributed by atoms with van der Waals surface area (Å²) in [6, 6.07) is 9.42. The predicted molar refractivity (Wildman–Crippen MR) is 89.2 cm³/mol. The second-order valence-corrected chi connectivity index (χ2v) is 5.87. The summed E-state index contributed by atoms with van der Waals surface area (Å²) in [7, 11) is 1.65. The standard InChI is InChI=1S/C19H16N2O2/c1-21-19(23)15-8-7-14-16-9-10(18(20)22)5-6-11(16)12-3-2-4-13(15)17(12)14/h3,5-9H,2,4H2,1H3,(H2,20,22)(H,21,23). The highest BCUT2D eigenvalue weighted by Gasteiger charge is 2.30. The smallest absolute Gasteiger partial charge is 0.251 e. The highest BCUT2D eigenvalue weighted by Crippen LogP contribution is 2.49. The average molecular weight is 304 g/mol. The van der Waals surface area contributed by atoms with Crippen molar-refractivity contribution in [2.24, 2.45) is 5.73 Å². The van der Waals surface area contributed by atoms with Crippen molar-refractivity contribution in [3.63, 3.8) is 0 Å². The SMILES string of the molecule is CNC(=O)c1ccc2c3c1CCC=C3c1ccc(C(N)=O)cc1-2. The third kappa shape index (κ3) is 1.84. The highest BCUT2D eigenvalue weighted by molar-refractivity contribution is 6.08. The van der Waals surface area contributed by atoms with Crippen molar-refractivity contribution in [1.29, 1.82) is 0 Å². The number of benzene rings is 2. The molecule has 0 radical (unpaired) electrons. The minimum atomic E-state index is -0.427. The molecular formula is C19H16N2O2. The summed E-state index contributed by atoms with van der Waals surface area (Å²) in [6.07, 6.45) is 3.98. The lowest BCUT2D eigenvalue weighted by atomic mass is 9.86. The van der Waals surface area contributed by atoms with Crippen LogP contribution in [0.2, 0.25) is 0 Å². The number of nitrogens with two attached hydrogens (primary N) is 1. The molecule has 2 aromatic rings. The van der Waals surface area contributed by atoms with E-state index in [4.69, 9.17) is 5.73 Å². The second kappa shape index (κ2) is 4.81. The van der Waals surface area contributed by atoms with Gasteiger partial charge in [-0.3, -0.25) is 9.59 Å². The molecule has 0 aliphatic heterocycles. The molecule has 4 nitrogen and oxygen atoms in total. The minimum absolute atomic E-state index is 0.0576. The zero-order chi connectivity index (χ0) is 16.1. The maximum atomic E-state index is 12.1. The molecule has 3 N–H and O–H groups in total. The van der Waals surface area contributed by atoms with Gasteiger partial charge in [0.05, 0.1) is 0 Å². The van der Waals surface area contributed by atoms with Crippen LogP contribution < -0.4 is 11.1 Å². The van der Waals surface area contributed by atoms with Gasteiger partial charge in [-0.25, -0.2) is 0 Å². The van der Waals surface area contributed by atoms with E-state index in [2.05, 4.69) is 11.4 Å². The van der Waals surface area contributed by atoms with Gasteiger partial charge in [-0.2, -0.15) is 0 Å². The third-order valence-electron chi connectivity index (χ3n) is 4.68. The molecule has 0 fully saturated rings. The molecule has 0 unspecified atom stereocenters. The fourth-order valence-electron chi connectivity index (χ4n) is 3.65. The van der Waals surface area contributed by atoms with Gasteiger partial charge in [0.15, 0.2) is 0 Å². The molecule has 4 rings (SSSR count). The van der Waals surface area contributed by atoms with Crippen molar-refractivity contribution in [1.82, 2.24) is 5.32 Å². The molecule has 23 heavy (non-hydrogen) atoms. The summed E-state index contributed by atoms with van der Waals surface area (Å²) in [5.41, 5.74) is 13.3. The summed E-state index contributed by atoms with van der Waals surface area (Å²) in [5.74, 6) is -0.485. The van der Waals surface area contributed by atoms with Crippen LogP contribution in [0.15, 0.2) is 36.4 Å². The summed E-state index contributed by atoms with van der Waals surface area (Å²) in [5, 5.41) is 2.71. The fraction of sp³-hybridized carbons (Fsp3) is 0.158. The number of rotatable bonds is 2. The van der Waals surface area contributed by atoms with Crippen LogP contribution in [0.5, 0.6) is 0 Å². The van der Waals surface area contributed by atoms with E-state index in [1.807, 2.05) is 24.3 Å². The van der Waals surface area contributed by atoms with E-state index in [1.165, 1.54) is 0 Å². The van der Waals surface area contributed by atoms with Gasteiger partial charge in [0, 0.05) is 18.2 Å². The Kier molecular flexibility index (Phi) is 2.88. The molecule has 2 aromatic carbocycles. The number of allylic oxidation sites excluding steroid dienone is 1. The van der Waals surface area contributed by atoms with Crippen LogP contribution in [0.1, 0.15) is 43.8 Å². The number of hydrogen-bond donors (Lipinski definition) is 2. The molecule has 0 saturated carbocycles. The number of carbonyl (C=O) groups is 2. The van der Waals surface area contributed by atoms with Gasteiger partial charge in [-0.05, 0) is 64.4 Å². The quantitative estimate of drug-likeness (QED) is 0.763. The lowest BCUT2D eigenvalue weighted by molar-refractivity contribution is 0.0960. The van der Waals surface area contributed by atoms with Crippen molar-refractivity contribution >= 4 is 17.4 Å². The molecule has 0 heterocycles. The van der Waals surface area contributed by atoms with Crippen molar-refractivity contribution in [3.8, 4) is 11.1 Å². The zero-order valence-corrected chi connectivity index (χ0v) is 12.8. The molecule has 2 aliphatic rings. The van der Waals surface area contributed by atoms with Crippen LogP contribution in [-0.2, 0) is 6.42 Å². The lowest BCUT2D eigenvalue weighted by Crippen LogP contribution is -2.20. The first-order valence-corrected chi connectivity index (χ1v) is 7.65. The van der Waals surface area contributed by atoms with E-state index in [1.54, 1.807) is 13.1 Å². The van der Waals surface area contributed by atoms with Gasteiger partial charge in [0.25, 0.3) is 5.91 Å². The maximum absolute atomic E-state index is 12.1. The topological polar surface area (TPSA) is 72.2 Å². The summed E-state index contributed by atoms with van der Waals surface area (Å²) < 4.78 is 0. The Morgan fingerprint density at radius 3 is 2.61 bits per heavy atom. The van der Waals surface area contributed by atoms with E-state index < -0.39 is 5.91 Å². The molecule has 0 spiro atoms. The van der Waals surface area contributed by atoms with Crippen LogP contribution in [0.25, 0.3) is 16.7 Å². The molecular weight excluding hydrogens is 288 g/mol. The van der Waals surface area contributed by atoms with Gasteiger partial charge in [-0.15, -0.1) is 0 Å². The van der Waals surface area contributed by atoms with Gasteiger partial charge in [0.1, 0.15) is 0 Å². The maximum Gasteiger partial charge on any atom is 0.251 e. The number of carbonyl (C=O) groups excluding carboxylic acids is 2. The first-order valence-electron chi connectivity index (χ1n) is 7.65. The molecule has 0 aromatic heterocycles. The molecule has 0 atom stereocenters. The number of primary amides is 1. The molecule has 4 heteroatoms. The molecule has 114 valence electrons. The van der Waals surface area contributed by atoms with Crippen LogP contribution in [-0.4, -0.2) is 18.9 Å². The van der Waals surface area contributed by atoms with Crippen LogP contribution in [0.3, 0.4) is 0 Å². The zero-order valence-electron chi connectivity index (χ0n) is 12.8. The van der Waals surface area contributed by atoms with Crippen molar-refractivity contribution in [3.05, 3.63) is 64.2 Å². The van der Waals surface area contributed by atoms with E-state index >= 15 is 0 Å². The first-order chi connectivity index (χ1) is 11.1. The number of fused-ring (bicyclic) bond motifs is 3. The predicted octanol–water partition coefficient (Wildman–Crippen LogP) is 2.50. The number of nitrogens with one attached hydrogen (secondary N) is 1.